The molecule has 0 aliphatic heterocycles. The fourth-order valence-corrected chi connectivity index (χ4v) is 0. The van der Waals surface area contributed by atoms with Crippen LogP contribution in [0.15, 0.2) is 0 Å². The van der Waals surface area contributed by atoms with E-state index < -0.39 is 0 Å². The Morgan fingerprint density at radius 1 is 0.300 bits per heavy atom. The first-order valence-electron chi connectivity index (χ1n) is 0. The van der Waals surface area contributed by atoms with Crippen molar-refractivity contribution in [1.82, 2.24) is 0 Å². The third-order valence-corrected chi connectivity index (χ3v) is 0. The van der Waals surface area contributed by atoms with E-state index in [0.717, 1.165) is 0 Å². The molecule has 0 rings (SSSR count). The molecule has 0 aliphatic carbocycles. The minimum absolute atomic E-state index is 0. The van der Waals surface area contributed by atoms with Crippen LogP contribution in [0.4, 0.5) is 0 Å². The van der Waals surface area contributed by atoms with E-state index in [9.17, 15) is 0 Å². The first-order valence-corrected chi connectivity index (χ1v) is 0. The van der Waals surface area contributed by atoms with Gasteiger partial charge in [0.25, 0.3) is 0 Å². The average molecular weight is 390 g/mol. The number of hydrogen-bond acceptors (Lipinski definition) is 0. The molecule has 0 aromatic heterocycles. The molecule has 0 fully saturated rings. The molecule has 0 aliphatic rings. The van der Waals surface area contributed by atoms with Crippen molar-refractivity contribution in [3.63, 3.8) is 0 Å². The molecule has 4 nitrogen and oxygen atoms in total. The van der Waals surface area contributed by atoms with Gasteiger partial charge < -0.3 is 24.6 Å². The van der Waals surface area contributed by atoms with Gasteiger partial charge in [-0.25, -0.2) is 0 Å². The Balaban J connectivity index is 0. The van der Waals surface area contributed by atoms with Gasteiger partial charge in [-0.1, -0.05) is 0 Å². The molecule has 0 saturated carbocycles. The summed E-state index contributed by atoms with van der Waals surface area (Å²) in [4.78, 5) is 0. The maximum Gasteiger partial charge on any atom is 4.00 e. The molecule has 0 bridgehead atoms. The van der Waals surface area contributed by atoms with E-state index >= 15 is 0 Å². The maximum atomic E-state index is 0. The van der Waals surface area contributed by atoms with Crippen molar-refractivity contribution < 1.29 is 116 Å². The standard InChI is InChI=1S/3Cu.4N.3Ti/q;;;4*-3;3*+4. The Hall–Kier alpha value is 3.54. The summed E-state index contributed by atoms with van der Waals surface area (Å²) in [5.74, 6) is 0. The molecule has 0 aromatic rings. The van der Waals surface area contributed by atoms with Crippen LogP contribution >= 0.6 is 0 Å². The van der Waals surface area contributed by atoms with E-state index in [-0.39, 0.29) is 141 Å². The smallest absolute Gasteiger partial charge is 3.00 e. The van der Waals surface area contributed by atoms with Crippen LogP contribution in [0.1, 0.15) is 0 Å². The molecule has 0 saturated heterocycles. The van der Waals surface area contributed by atoms with E-state index in [2.05, 4.69) is 0 Å². The summed E-state index contributed by atoms with van der Waals surface area (Å²) in [5, 5.41) is 0. The van der Waals surface area contributed by atoms with Crippen LogP contribution < -0.4 is 0 Å². The van der Waals surface area contributed by atoms with Gasteiger partial charge in [-0.15, -0.1) is 0 Å². The molecule has 10 heavy (non-hydrogen) atoms. The number of hydrogen-bond donors (Lipinski definition) is 0. The van der Waals surface area contributed by atoms with Crippen LogP contribution in [0.25, 0.3) is 24.6 Å². The molecule has 0 N–H and O–H groups in total. The third kappa shape index (κ3) is 102. The Morgan fingerprint density at radius 2 is 0.300 bits per heavy atom. The predicted molar refractivity (Wildman–Crippen MR) is 13.4 cm³/mol. The Labute approximate surface area is 139 Å². The van der Waals surface area contributed by atoms with Gasteiger partial charge in [0.2, 0.25) is 0 Å². The second kappa shape index (κ2) is 133. The Bertz CT molecular complexity index is 15.7. The van der Waals surface area contributed by atoms with E-state index in [1.54, 1.807) is 0 Å². The topological polar surface area (TPSA) is 122 Å². The SMILES string of the molecule is [Cu].[Cu].[Cu].[N-3].[N-3].[N-3].[N-3].[Ti+4].[Ti+4].[Ti+4]. The molecule has 0 atom stereocenters. The second-order valence-corrected chi connectivity index (χ2v) is 0. The Kier molecular flexibility index (Phi) is 2260. The van der Waals surface area contributed by atoms with Crippen LogP contribution in [-0.4, -0.2) is 0 Å². The molecular weight excluding hydrogens is 390 g/mol. The van der Waals surface area contributed by atoms with Crippen molar-refractivity contribution in [3.8, 4) is 0 Å². The predicted octanol–water partition coefficient (Wildman–Crippen LogP) is 1.14. The number of nitrogens with zero attached hydrogens (tertiary/aromatic N) is 4. The van der Waals surface area contributed by atoms with E-state index in [4.69, 9.17) is 0 Å². The van der Waals surface area contributed by atoms with Crippen LogP contribution in [0.2, 0.25) is 0 Å². The summed E-state index contributed by atoms with van der Waals surface area (Å²) in [6.07, 6.45) is 0. The summed E-state index contributed by atoms with van der Waals surface area (Å²) >= 11 is 0. The van der Waals surface area contributed by atoms with E-state index in [1.807, 2.05) is 0 Å². The molecule has 10 heteroatoms. The normalized spacial score (nSPS) is 0. The van der Waals surface area contributed by atoms with Gasteiger partial charge in [0.05, 0.1) is 0 Å². The van der Waals surface area contributed by atoms with Crippen LogP contribution in [0, 0.1) is 0 Å². The summed E-state index contributed by atoms with van der Waals surface area (Å²) in [6.45, 7) is 0. The van der Waals surface area contributed by atoms with E-state index in [1.165, 1.54) is 0 Å². The van der Waals surface area contributed by atoms with Crippen molar-refractivity contribution in [1.29, 1.82) is 0 Å². The van der Waals surface area contributed by atoms with Crippen molar-refractivity contribution >= 4 is 0 Å². The zero-order chi connectivity index (χ0) is 0. The van der Waals surface area contributed by atoms with Crippen LogP contribution in [0.5, 0.6) is 0 Å². The van der Waals surface area contributed by atoms with Gasteiger partial charge in [0, 0.05) is 51.2 Å². The first kappa shape index (κ1) is 170. The van der Waals surface area contributed by atoms with Crippen molar-refractivity contribution in [2.75, 3.05) is 0 Å². The van der Waals surface area contributed by atoms with Crippen molar-refractivity contribution in [2.45, 2.75) is 0 Å². The molecule has 0 aromatic carbocycles. The van der Waals surface area contributed by atoms with Gasteiger partial charge >= 0.3 is 65.2 Å². The average Bonchev–Trinajstić information content (AvgIpc) is 0. The minimum atomic E-state index is 0. The van der Waals surface area contributed by atoms with Gasteiger partial charge in [-0.05, 0) is 0 Å². The molecule has 3 radical (unpaired) electrons. The summed E-state index contributed by atoms with van der Waals surface area (Å²) in [7, 11) is 0. The Morgan fingerprint density at radius 3 is 0.300 bits per heavy atom. The third-order valence-electron chi connectivity index (χ3n) is 0. The fourth-order valence-electron chi connectivity index (χ4n) is 0. The molecule has 0 unspecified atom stereocenters. The maximum absolute atomic E-state index is 0. The molecule has 65 valence electrons. The summed E-state index contributed by atoms with van der Waals surface area (Å²) < 4.78 is 0. The largest absolute Gasteiger partial charge is 4.00 e. The van der Waals surface area contributed by atoms with Crippen molar-refractivity contribution in [2.24, 2.45) is 0 Å². The first-order chi connectivity index (χ1) is 0. The zero-order valence-electron chi connectivity index (χ0n) is 4.19. The molecule has 0 spiro atoms. The van der Waals surface area contributed by atoms with Gasteiger partial charge in [-0.2, -0.15) is 0 Å². The second-order valence-electron chi connectivity index (χ2n) is 0. The molecular formula is Cu3N4Ti3. The fraction of sp³-hybridized carbons (Fsp3) is 0. The van der Waals surface area contributed by atoms with E-state index in [0.29, 0.717) is 0 Å². The van der Waals surface area contributed by atoms with Crippen molar-refractivity contribution in [3.05, 3.63) is 24.6 Å². The van der Waals surface area contributed by atoms with Gasteiger partial charge in [0.15, 0.2) is 0 Å². The minimum Gasteiger partial charge on any atom is -3.00 e. The quantitative estimate of drug-likeness (QED) is 0.551. The zero-order valence-corrected chi connectivity index (χ0v) is 11.7. The number of rotatable bonds is 0. The molecule has 0 heterocycles. The van der Waals surface area contributed by atoms with Crippen LogP contribution in [0.3, 0.4) is 0 Å². The summed E-state index contributed by atoms with van der Waals surface area (Å²) in [5.41, 5.74) is 0. The molecule has 0 amide bonds. The van der Waals surface area contributed by atoms with Crippen LogP contribution in [-0.2, 0) is 116 Å². The monoisotopic (exact) mass is 389 g/mol. The summed E-state index contributed by atoms with van der Waals surface area (Å²) in [6, 6.07) is 0. The van der Waals surface area contributed by atoms with Gasteiger partial charge in [-0.3, -0.25) is 0 Å². The van der Waals surface area contributed by atoms with Gasteiger partial charge in [0.1, 0.15) is 0 Å².